The molecule has 2 N–H and O–H groups in total. The lowest BCUT2D eigenvalue weighted by Crippen LogP contribution is -2.32. The van der Waals surface area contributed by atoms with Crippen molar-refractivity contribution in [1.82, 2.24) is 0 Å². The summed E-state index contributed by atoms with van der Waals surface area (Å²) < 4.78 is 0. The Morgan fingerprint density at radius 3 is 2.47 bits per heavy atom. The van der Waals surface area contributed by atoms with E-state index in [9.17, 15) is 5.11 Å². The topological polar surface area (TPSA) is 58.9 Å². The van der Waals surface area contributed by atoms with Gasteiger partial charge in [0.25, 0.3) is 0 Å². The van der Waals surface area contributed by atoms with Gasteiger partial charge in [0.1, 0.15) is 12.2 Å². The van der Waals surface area contributed by atoms with Crippen LogP contribution in [0.4, 0.5) is 0 Å². The Morgan fingerprint density at radius 2 is 1.93 bits per heavy atom. The molecule has 1 aromatic carbocycles. The predicted octanol–water partition coefficient (Wildman–Crippen LogP) is 1.13. The van der Waals surface area contributed by atoms with Crippen molar-refractivity contribution in [2.45, 2.75) is 25.6 Å². The fourth-order valence-corrected chi connectivity index (χ4v) is 1.12. The molecule has 0 saturated carbocycles. The lowest BCUT2D eigenvalue weighted by atomic mass is 10.2. The minimum absolute atomic E-state index is 0.337. The summed E-state index contributed by atoms with van der Waals surface area (Å²) in [6.07, 6.45) is -0.872. The smallest absolute Gasteiger partial charge is 0.165 e. The van der Waals surface area contributed by atoms with Crippen molar-refractivity contribution in [2.24, 2.45) is 0 Å². The second-order valence-electron chi connectivity index (χ2n) is 3.19. The van der Waals surface area contributed by atoms with Crippen LogP contribution < -0.4 is 4.89 Å². The van der Waals surface area contributed by atoms with E-state index in [0.717, 1.165) is 0 Å². The van der Waals surface area contributed by atoms with Crippen LogP contribution in [0.5, 0.6) is 5.75 Å². The third-order valence-corrected chi connectivity index (χ3v) is 2.03. The van der Waals surface area contributed by atoms with Gasteiger partial charge in [-0.3, -0.25) is 0 Å². The Hall–Kier alpha value is -1.10. The van der Waals surface area contributed by atoms with Crippen molar-refractivity contribution in [3.8, 4) is 5.75 Å². The molecule has 0 bridgehead atoms. The molecule has 1 rings (SSSR count). The number of para-hydroxylation sites is 1. The zero-order valence-corrected chi connectivity index (χ0v) is 8.67. The van der Waals surface area contributed by atoms with Gasteiger partial charge in [-0.2, -0.15) is 4.89 Å². The van der Waals surface area contributed by atoms with Crippen LogP contribution in [0.25, 0.3) is 0 Å². The summed E-state index contributed by atoms with van der Waals surface area (Å²) in [4.78, 5) is 10.0. The third-order valence-electron chi connectivity index (χ3n) is 2.03. The SMILES string of the molecule is CCC(OOc1ccccc1)C(O)CO. The van der Waals surface area contributed by atoms with Crippen molar-refractivity contribution in [3.63, 3.8) is 0 Å². The van der Waals surface area contributed by atoms with Gasteiger partial charge in [-0.05, 0) is 18.6 Å². The fraction of sp³-hybridized carbons (Fsp3) is 0.455. The Labute approximate surface area is 89.0 Å². The highest BCUT2D eigenvalue weighted by atomic mass is 17.2. The van der Waals surface area contributed by atoms with E-state index >= 15 is 0 Å². The number of benzene rings is 1. The molecule has 0 aliphatic heterocycles. The highest BCUT2D eigenvalue weighted by Crippen LogP contribution is 2.12. The number of aliphatic hydroxyl groups is 2. The van der Waals surface area contributed by atoms with Crippen LogP contribution in [0.15, 0.2) is 30.3 Å². The first-order valence-electron chi connectivity index (χ1n) is 4.95. The van der Waals surface area contributed by atoms with Crippen molar-refractivity contribution < 1.29 is 20.0 Å². The van der Waals surface area contributed by atoms with E-state index in [1.54, 1.807) is 12.1 Å². The minimum atomic E-state index is -0.918. The lowest BCUT2D eigenvalue weighted by Gasteiger charge is -2.18. The molecule has 0 aliphatic rings. The summed E-state index contributed by atoms with van der Waals surface area (Å²) in [5.41, 5.74) is 0. The molecule has 0 spiro atoms. The molecular formula is C11H16O4. The number of rotatable bonds is 6. The molecule has 0 amide bonds. The van der Waals surface area contributed by atoms with Gasteiger partial charge in [-0.1, -0.05) is 25.1 Å². The van der Waals surface area contributed by atoms with Crippen molar-refractivity contribution in [1.29, 1.82) is 0 Å². The van der Waals surface area contributed by atoms with Crippen LogP contribution >= 0.6 is 0 Å². The maximum atomic E-state index is 9.34. The highest BCUT2D eigenvalue weighted by Gasteiger charge is 2.18. The second kappa shape index (κ2) is 6.40. The van der Waals surface area contributed by atoms with E-state index in [0.29, 0.717) is 12.2 Å². The first-order valence-corrected chi connectivity index (χ1v) is 4.95. The normalized spacial score (nSPS) is 14.6. The first kappa shape index (κ1) is 12.0. The van der Waals surface area contributed by atoms with Crippen molar-refractivity contribution >= 4 is 0 Å². The maximum Gasteiger partial charge on any atom is 0.165 e. The maximum absolute atomic E-state index is 9.34. The summed E-state index contributed by atoms with van der Waals surface area (Å²) in [5.74, 6) is 0.570. The number of hydrogen-bond donors (Lipinski definition) is 2. The average molecular weight is 212 g/mol. The molecule has 0 fully saturated rings. The minimum Gasteiger partial charge on any atom is -0.394 e. The molecule has 2 unspecified atom stereocenters. The van der Waals surface area contributed by atoms with Crippen LogP contribution in [0.3, 0.4) is 0 Å². The highest BCUT2D eigenvalue weighted by molar-refractivity contribution is 5.20. The molecule has 1 aromatic rings. The number of aliphatic hydroxyl groups excluding tert-OH is 2. The number of hydrogen-bond acceptors (Lipinski definition) is 4. The first-order chi connectivity index (χ1) is 7.27. The molecule has 0 heterocycles. The third kappa shape index (κ3) is 3.87. The Kier molecular flexibility index (Phi) is 5.10. The summed E-state index contributed by atoms with van der Waals surface area (Å²) in [5, 5.41) is 18.1. The molecular weight excluding hydrogens is 196 g/mol. The van der Waals surface area contributed by atoms with E-state index in [1.165, 1.54) is 0 Å². The van der Waals surface area contributed by atoms with Gasteiger partial charge in [0, 0.05) is 0 Å². The van der Waals surface area contributed by atoms with Gasteiger partial charge in [-0.15, -0.1) is 0 Å². The summed E-state index contributed by atoms with van der Waals surface area (Å²) >= 11 is 0. The Morgan fingerprint density at radius 1 is 1.27 bits per heavy atom. The van der Waals surface area contributed by atoms with Gasteiger partial charge in [0.05, 0.1) is 6.61 Å². The summed E-state index contributed by atoms with van der Waals surface area (Å²) in [7, 11) is 0. The summed E-state index contributed by atoms with van der Waals surface area (Å²) in [6.45, 7) is 1.51. The zero-order valence-electron chi connectivity index (χ0n) is 8.67. The van der Waals surface area contributed by atoms with Crippen molar-refractivity contribution in [2.75, 3.05) is 6.61 Å². The fourth-order valence-electron chi connectivity index (χ4n) is 1.12. The molecule has 0 aliphatic carbocycles. The van der Waals surface area contributed by atoms with Gasteiger partial charge in [0.15, 0.2) is 5.75 Å². The summed E-state index contributed by atoms with van der Waals surface area (Å²) in [6, 6.07) is 9.01. The van der Waals surface area contributed by atoms with E-state index in [4.69, 9.17) is 14.9 Å². The molecule has 0 radical (unpaired) electrons. The van der Waals surface area contributed by atoms with Crippen LogP contribution in [-0.2, 0) is 4.89 Å². The monoisotopic (exact) mass is 212 g/mol. The van der Waals surface area contributed by atoms with E-state index in [2.05, 4.69) is 0 Å². The molecule has 0 aromatic heterocycles. The Bertz CT molecular complexity index is 263. The largest absolute Gasteiger partial charge is 0.394 e. The van der Waals surface area contributed by atoms with Gasteiger partial charge >= 0.3 is 0 Å². The molecule has 4 nitrogen and oxygen atoms in total. The van der Waals surface area contributed by atoms with Crippen LogP contribution in [0.2, 0.25) is 0 Å². The predicted molar refractivity (Wildman–Crippen MR) is 55.3 cm³/mol. The average Bonchev–Trinajstić information content (AvgIpc) is 2.31. The lowest BCUT2D eigenvalue weighted by molar-refractivity contribution is -0.268. The second-order valence-corrected chi connectivity index (χ2v) is 3.19. The standard InChI is InChI=1S/C11H16O4/c1-2-11(10(13)8-12)15-14-9-6-4-3-5-7-9/h3-7,10-13H,2,8H2,1H3. The van der Waals surface area contributed by atoms with Gasteiger partial charge in [0.2, 0.25) is 0 Å². The van der Waals surface area contributed by atoms with Crippen LogP contribution in [0, 0.1) is 0 Å². The van der Waals surface area contributed by atoms with Gasteiger partial charge < -0.3 is 15.1 Å². The quantitative estimate of drug-likeness (QED) is 0.548. The molecule has 84 valence electrons. The van der Waals surface area contributed by atoms with Crippen LogP contribution in [0.1, 0.15) is 13.3 Å². The van der Waals surface area contributed by atoms with E-state index in [-0.39, 0.29) is 6.61 Å². The zero-order chi connectivity index (χ0) is 11.1. The van der Waals surface area contributed by atoms with Gasteiger partial charge in [-0.25, -0.2) is 0 Å². The Balaban J connectivity index is 2.41. The molecule has 0 saturated heterocycles. The molecule has 2 atom stereocenters. The van der Waals surface area contributed by atoms with E-state index in [1.807, 2.05) is 25.1 Å². The van der Waals surface area contributed by atoms with Crippen molar-refractivity contribution in [3.05, 3.63) is 30.3 Å². The van der Waals surface area contributed by atoms with E-state index < -0.39 is 12.2 Å². The molecule has 4 heteroatoms. The van der Waals surface area contributed by atoms with Crippen LogP contribution in [-0.4, -0.2) is 29.0 Å². The molecule has 15 heavy (non-hydrogen) atoms.